The first-order valence-electron chi connectivity index (χ1n) is 8.39. The Bertz CT molecular complexity index is 1030. The number of hydrogen-bond donors (Lipinski definition) is 1. The number of ether oxygens (including phenoxy) is 1. The number of hydrogen-bond acceptors (Lipinski definition) is 6. The summed E-state index contributed by atoms with van der Waals surface area (Å²) in [6, 6.07) is 10.4. The standard InChI is InChI=1S/C19H20N4O3S/c1-12-17(27-13(2)21-12)10-20-18(24)11-23-19(25)9-8-15(22-23)14-6-4-5-7-16(14)26-3/h4-9H,10-11H2,1-3H3,(H,20,24). The van der Waals surface area contributed by atoms with Gasteiger partial charge in [-0.2, -0.15) is 5.10 Å². The van der Waals surface area contributed by atoms with Crippen LogP contribution in [0.1, 0.15) is 15.6 Å². The number of amides is 1. The van der Waals surface area contributed by atoms with E-state index in [9.17, 15) is 9.59 Å². The third-order valence-electron chi connectivity index (χ3n) is 3.99. The zero-order valence-corrected chi connectivity index (χ0v) is 16.2. The van der Waals surface area contributed by atoms with Crippen LogP contribution in [-0.2, 0) is 17.9 Å². The number of para-hydroxylation sites is 1. The quantitative estimate of drug-likeness (QED) is 0.705. The summed E-state index contributed by atoms with van der Waals surface area (Å²) in [5, 5.41) is 8.10. The summed E-state index contributed by atoms with van der Waals surface area (Å²) >= 11 is 1.55. The predicted octanol–water partition coefficient (Wildman–Crippen LogP) is 2.31. The fourth-order valence-electron chi connectivity index (χ4n) is 2.67. The minimum Gasteiger partial charge on any atom is -0.496 e. The summed E-state index contributed by atoms with van der Waals surface area (Å²) in [5.41, 5.74) is 1.89. The number of carbonyl (C=O) groups is 1. The van der Waals surface area contributed by atoms with Gasteiger partial charge in [0.1, 0.15) is 12.3 Å². The Kier molecular flexibility index (Phi) is 5.66. The number of aryl methyl sites for hydroxylation is 2. The van der Waals surface area contributed by atoms with Crippen molar-refractivity contribution in [3.63, 3.8) is 0 Å². The number of aromatic nitrogens is 3. The van der Waals surface area contributed by atoms with Gasteiger partial charge in [0.05, 0.1) is 30.1 Å². The number of carbonyl (C=O) groups excluding carboxylic acids is 1. The summed E-state index contributed by atoms with van der Waals surface area (Å²) in [4.78, 5) is 29.7. The summed E-state index contributed by atoms with van der Waals surface area (Å²) in [7, 11) is 1.57. The Morgan fingerprint density at radius 3 is 2.70 bits per heavy atom. The molecule has 7 nitrogen and oxygen atoms in total. The molecule has 0 fully saturated rings. The van der Waals surface area contributed by atoms with Crippen molar-refractivity contribution in [2.24, 2.45) is 0 Å². The molecule has 1 amide bonds. The zero-order valence-electron chi connectivity index (χ0n) is 15.4. The van der Waals surface area contributed by atoms with Crippen LogP contribution in [0.4, 0.5) is 0 Å². The zero-order chi connectivity index (χ0) is 19.4. The van der Waals surface area contributed by atoms with Crippen LogP contribution in [0.3, 0.4) is 0 Å². The van der Waals surface area contributed by atoms with Gasteiger partial charge in [-0.05, 0) is 32.0 Å². The third-order valence-corrected chi connectivity index (χ3v) is 5.06. The molecule has 1 aromatic carbocycles. The van der Waals surface area contributed by atoms with Crippen LogP contribution >= 0.6 is 11.3 Å². The molecule has 0 spiro atoms. The first-order chi connectivity index (χ1) is 13.0. The van der Waals surface area contributed by atoms with E-state index in [1.165, 1.54) is 6.07 Å². The second-order valence-corrected chi connectivity index (χ2v) is 7.22. The minimum atomic E-state index is -0.339. The van der Waals surface area contributed by atoms with Crippen LogP contribution in [0.5, 0.6) is 5.75 Å². The monoisotopic (exact) mass is 384 g/mol. The van der Waals surface area contributed by atoms with Gasteiger partial charge in [-0.25, -0.2) is 9.67 Å². The molecule has 2 heterocycles. The van der Waals surface area contributed by atoms with Crippen molar-refractivity contribution in [2.75, 3.05) is 7.11 Å². The van der Waals surface area contributed by atoms with Crippen LogP contribution in [0.15, 0.2) is 41.2 Å². The second kappa shape index (κ2) is 8.13. The van der Waals surface area contributed by atoms with Gasteiger partial charge < -0.3 is 10.1 Å². The van der Waals surface area contributed by atoms with Gasteiger partial charge >= 0.3 is 0 Å². The highest BCUT2D eigenvalue weighted by atomic mass is 32.1. The minimum absolute atomic E-state index is 0.154. The highest BCUT2D eigenvalue weighted by molar-refractivity contribution is 7.11. The van der Waals surface area contributed by atoms with Gasteiger partial charge in [-0.15, -0.1) is 11.3 Å². The van der Waals surface area contributed by atoms with Gasteiger partial charge in [0.2, 0.25) is 5.91 Å². The molecule has 8 heteroatoms. The van der Waals surface area contributed by atoms with Crippen molar-refractivity contribution in [3.05, 3.63) is 62.3 Å². The lowest BCUT2D eigenvalue weighted by molar-refractivity contribution is -0.122. The third kappa shape index (κ3) is 4.40. The number of rotatable bonds is 6. The van der Waals surface area contributed by atoms with Gasteiger partial charge in [0.25, 0.3) is 5.56 Å². The lowest BCUT2D eigenvalue weighted by Crippen LogP contribution is -2.33. The van der Waals surface area contributed by atoms with E-state index < -0.39 is 0 Å². The summed E-state index contributed by atoms with van der Waals surface area (Å²) < 4.78 is 6.49. The molecule has 0 aliphatic rings. The Hall–Kier alpha value is -3.00. The highest BCUT2D eigenvalue weighted by Gasteiger charge is 2.12. The molecule has 0 unspecified atom stereocenters. The van der Waals surface area contributed by atoms with E-state index in [-0.39, 0.29) is 18.0 Å². The van der Waals surface area contributed by atoms with E-state index in [0.29, 0.717) is 18.0 Å². The number of methoxy groups -OCH3 is 1. The Morgan fingerprint density at radius 1 is 1.22 bits per heavy atom. The van der Waals surface area contributed by atoms with Gasteiger partial charge in [0, 0.05) is 16.5 Å². The van der Waals surface area contributed by atoms with Crippen molar-refractivity contribution in [1.29, 1.82) is 0 Å². The maximum Gasteiger partial charge on any atom is 0.267 e. The molecule has 0 aliphatic heterocycles. The topological polar surface area (TPSA) is 86.1 Å². The molecule has 0 saturated heterocycles. The number of thiazole rings is 1. The summed E-state index contributed by atoms with van der Waals surface area (Å²) in [6.45, 7) is 4.07. The number of benzene rings is 1. The van der Waals surface area contributed by atoms with Gasteiger partial charge in [0.15, 0.2) is 0 Å². The van der Waals surface area contributed by atoms with Gasteiger partial charge in [-0.3, -0.25) is 9.59 Å². The molecule has 0 bridgehead atoms. The first kappa shape index (κ1) is 18.8. The first-order valence-corrected chi connectivity index (χ1v) is 9.20. The van der Waals surface area contributed by atoms with Crippen molar-refractivity contribution >= 4 is 17.2 Å². The molecule has 3 rings (SSSR count). The molecule has 0 atom stereocenters. The maximum atomic E-state index is 12.3. The fourth-order valence-corrected chi connectivity index (χ4v) is 3.55. The average Bonchev–Trinajstić information content (AvgIpc) is 2.99. The molecule has 2 aromatic heterocycles. The van der Waals surface area contributed by atoms with Crippen LogP contribution in [0, 0.1) is 13.8 Å². The van der Waals surface area contributed by atoms with Crippen molar-refractivity contribution < 1.29 is 9.53 Å². The van der Waals surface area contributed by atoms with Crippen LogP contribution in [-0.4, -0.2) is 27.8 Å². The summed E-state index contributed by atoms with van der Waals surface area (Å²) in [5.74, 6) is 0.364. The smallest absolute Gasteiger partial charge is 0.267 e. The highest BCUT2D eigenvalue weighted by Crippen LogP contribution is 2.27. The second-order valence-electron chi connectivity index (χ2n) is 5.93. The van der Waals surface area contributed by atoms with Crippen LogP contribution in [0.25, 0.3) is 11.3 Å². The van der Waals surface area contributed by atoms with Crippen molar-refractivity contribution in [3.8, 4) is 17.0 Å². The maximum absolute atomic E-state index is 12.3. The molecule has 27 heavy (non-hydrogen) atoms. The van der Waals surface area contributed by atoms with E-state index >= 15 is 0 Å². The molecule has 140 valence electrons. The van der Waals surface area contributed by atoms with E-state index in [2.05, 4.69) is 15.4 Å². The normalized spacial score (nSPS) is 10.6. The summed E-state index contributed by atoms with van der Waals surface area (Å²) in [6.07, 6.45) is 0. The van der Waals surface area contributed by atoms with Crippen molar-refractivity contribution in [2.45, 2.75) is 26.9 Å². The Labute approximate surface area is 160 Å². The van der Waals surface area contributed by atoms with E-state index in [1.807, 2.05) is 38.1 Å². The van der Waals surface area contributed by atoms with Crippen LogP contribution < -0.4 is 15.6 Å². The molecule has 0 aliphatic carbocycles. The van der Waals surface area contributed by atoms with Gasteiger partial charge in [-0.1, -0.05) is 12.1 Å². The molecule has 1 N–H and O–H groups in total. The molecular weight excluding hydrogens is 364 g/mol. The van der Waals surface area contributed by atoms with E-state index in [4.69, 9.17) is 4.74 Å². The molecule has 0 radical (unpaired) electrons. The van der Waals surface area contributed by atoms with E-state index in [1.54, 1.807) is 24.5 Å². The lowest BCUT2D eigenvalue weighted by atomic mass is 10.1. The molecule has 3 aromatic rings. The number of nitrogens with zero attached hydrogens (tertiary/aromatic N) is 3. The van der Waals surface area contributed by atoms with Crippen molar-refractivity contribution in [1.82, 2.24) is 20.1 Å². The average molecular weight is 384 g/mol. The Balaban J connectivity index is 1.75. The predicted molar refractivity (Wildman–Crippen MR) is 104 cm³/mol. The van der Waals surface area contributed by atoms with Crippen LogP contribution in [0.2, 0.25) is 0 Å². The largest absolute Gasteiger partial charge is 0.496 e. The van der Waals surface area contributed by atoms with E-state index in [0.717, 1.165) is 25.8 Å². The lowest BCUT2D eigenvalue weighted by Gasteiger charge is -2.10. The SMILES string of the molecule is COc1ccccc1-c1ccc(=O)n(CC(=O)NCc2sc(C)nc2C)n1. The fraction of sp³-hybridized carbons (Fsp3) is 0.263. The number of nitrogens with one attached hydrogen (secondary N) is 1. The Morgan fingerprint density at radius 2 is 2.00 bits per heavy atom. The molecular formula is C19H20N4O3S. The molecule has 0 saturated carbocycles.